The molecule has 7 heteroatoms. The summed E-state index contributed by atoms with van der Waals surface area (Å²) in [6.45, 7) is 1.83. The van der Waals surface area contributed by atoms with Crippen molar-refractivity contribution in [2.24, 2.45) is 5.92 Å². The summed E-state index contributed by atoms with van der Waals surface area (Å²) in [5.74, 6) is -2.21. The van der Waals surface area contributed by atoms with E-state index in [-0.39, 0.29) is 30.9 Å². The maximum absolute atomic E-state index is 12.8. The van der Waals surface area contributed by atoms with E-state index in [1.165, 1.54) is 0 Å². The van der Waals surface area contributed by atoms with Gasteiger partial charge >= 0.3 is 12.1 Å². The van der Waals surface area contributed by atoms with E-state index in [1.54, 1.807) is 6.92 Å². The summed E-state index contributed by atoms with van der Waals surface area (Å²) in [6.07, 6.45) is -2.04. The van der Waals surface area contributed by atoms with Crippen molar-refractivity contribution >= 4 is 5.97 Å². The van der Waals surface area contributed by atoms with E-state index in [9.17, 15) is 18.0 Å². The van der Waals surface area contributed by atoms with Crippen LogP contribution in [0.15, 0.2) is 10.8 Å². The lowest BCUT2D eigenvalue weighted by atomic mass is 9.79. The van der Waals surface area contributed by atoms with Crippen molar-refractivity contribution < 1.29 is 27.1 Å². The Morgan fingerprint density at radius 3 is 2.90 bits per heavy atom. The molecule has 20 heavy (non-hydrogen) atoms. The number of hydrogen-bond donors (Lipinski definition) is 0. The van der Waals surface area contributed by atoms with Gasteiger partial charge in [-0.25, -0.2) is 9.78 Å². The van der Waals surface area contributed by atoms with Crippen molar-refractivity contribution in [2.75, 3.05) is 6.61 Å². The van der Waals surface area contributed by atoms with Crippen molar-refractivity contribution in [2.45, 2.75) is 44.7 Å². The van der Waals surface area contributed by atoms with Crippen molar-refractivity contribution in [3.8, 4) is 0 Å². The predicted octanol–water partition coefficient (Wildman–Crippen LogP) is 3.69. The molecule has 0 aromatic carbocycles. The number of oxazole rings is 1. The zero-order valence-corrected chi connectivity index (χ0v) is 11.1. The number of alkyl halides is 3. The molecule has 112 valence electrons. The second kappa shape index (κ2) is 5.85. The first-order valence-corrected chi connectivity index (χ1v) is 6.60. The van der Waals surface area contributed by atoms with E-state index in [4.69, 9.17) is 9.15 Å². The summed E-state index contributed by atoms with van der Waals surface area (Å²) in [6, 6.07) is 0. The molecule has 2 rings (SSSR count). The highest BCUT2D eigenvalue weighted by Crippen LogP contribution is 2.44. The van der Waals surface area contributed by atoms with Crippen molar-refractivity contribution in [3.63, 3.8) is 0 Å². The third-order valence-corrected chi connectivity index (χ3v) is 3.57. The molecule has 0 amide bonds. The molecule has 0 radical (unpaired) electrons. The minimum atomic E-state index is -4.21. The number of nitrogens with zero attached hydrogens (tertiary/aromatic N) is 1. The number of rotatable bonds is 3. The zero-order valence-electron chi connectivity index (χ0n) is 11.1. The molecular formula is C13H16F3NO3. The minimum Gasteiger partial charge on any atom is -0.461 e. The normalized spacial score (nSPS) is 23.6. The monoisotopic (exact) mass is 291 g/mol. The summed E-state index contributed by atoms with van der Waals surface area (Å²) in [4.78, 5) is 15.5. The molecule has 0 bridgehead atoms. The first kappa shape index (κ1) is 14.9. The van der Waals surface area contributed by atoms with Crippen LogP contribution in [0.3, 0.4) is 0 Å². The molecule has 0 saturated heterocycles. The Labute approximate surface area is 114 Å². The van der Waals surface area contributed by atoms with E-state index in [2.05, 4.69) is 4.98 Å². The van der Waals surface area contributed by atoms with Gasteiger partial charge in [-0.3, -0.25) is 0 Å². The number of aromatic nitrogens is 1. The van der Waals surface area contributed by atoms with Gasteiger partial charge in [-0.15, -0.1) is 0 Å². The standard InChI is InChI=1S/C13H16F3NO3/c1-2-19-12(18)10-11(20-7-17-10)8-4-3-5-9(6-8)13(14,15)16/h7-9H,2-6H2,1H3. The Balaban J connectivity index is 2.16. The fourth-order valence-corrected chi connectivity index (χ4v) is 2.62. The van der Waals surface area contributed by atoms with E-state index in [0.29, 0.717) is 12.8 Å². The van der Waals surface area contributed by atoms with Crippen LogP contribution in [-0.2, 0) is 4.74 Å². The molecule has 1 aromatic rings. The lowest BCUT2D eigenvalue weighted by molar-refractivity contribution is -0.183. The van der Waals surface area contributed by atoms with Gasteiger partial charge < -0.3 is 9.15 Å². The molecule has 1 saturated carbocycles. The van der Waals surface area contributed by atoms with Crippen LogP contribution >= 0.6 is 0 Å². The lowest BCUT2D eigenvalue weighted by Crippen LogP contribution is -2.28. The number of esters is 1. The Kier molecular flexibility index (Phi) is 4.35. The molecule has 1 aliphatic carbocycles. The van der Waals surface area contributed by atoms with E-state index in [1.807, 2.05) is 0 Å². The van der Waals surface area contributed by atoms with Crippen molar-refractivity contribution in [1.82, 2.24) is 4.98 Å². The average Bonchev–Trinajstić information content (AvgIpc) is 2.87. The SMILES string of the molecule is CCOC(=O)c1ncoc1C1CCCC(C(F)(F)F)C1. The van der Waals surface area contributed by atoms with Crippen LogP contribution in [-0.4, -0.2) is 23.7 Å². The molecule has 2 unspecified atom stereocenters. The molecular weight excluding hydrogens is 275 g/mol. The van der Waals surface area contributed by atoms with Crippen LogP contribution in [0.4, 0.5) is 13.2 Å². The minimum absolute atomic E-state index is 0.000301. The topological polar surface area (TPSA) is 52.3 Å². The van der Waals surface area contributed by atoms with Gasteiger partial charge in [-0.2, -0.15) is 13.2 Å². The van der Waals surface area contributed by atoms with Crippen LogP contribution in [0, 0.1) is 5.92 Å². The number of hydrogen-bond acceptors (Lipinski definition) is 4. The Morgan fingerprint density at radius 2 is 2.25 bits per heavy atom. The lowest BCUT2D eigenvalue weighted by Gasteiger charge is -2.29. The first-order chi connectivity index (χ1) is 9.43. The number of carbonyl (C=O) groups excluding carboxylic acids is 1. The predicted molar refractivity (Wildman–Crippen MR) is 63.2 cm³/mol. The van der Waals surface area contributed by atoms with Crippen LogP contribution < -0.4 is 0 Å². The molecule has 1 aliphatic rings. The molecule has 1 heterocycles. The summed E-state index contributed by atoms with van der Waals surface area (Å²) in [5.41, 5.74) is -0.000301. The molecule has 0 spiro atoms. The number of ether oxygens (including phenoxy) is 1. The van der Waals surface area contributed by atoms with E-state index >= 15 is 0 Å². The average molecular weight is 291 g/mol. The molecule has 2 atom stereocenters. The molecule has 4 nitrogen and oxygen atoms in total. The van der Waals surface area contributed by atoms with E-state index in [0.717, 1.165) is 6.39 Å². The van der Waals surface area contributed by atoms with Gasteiger partial charge in [0.2, 0.25) is 0 Å². The summed E-state index contributed by atoms with van der Waals surface area (Å²) >= 11 is 0. The molecule has 0 aliphatic heterocycles. The largest absolute Gasteiger partial charge is 0.461 e. The van der Waals surface area contributed by atoms with Gasteiger partial charge in [-0.05, 0) is 26.2 Å². The number of halogens is 3. The van der Waals surface area contributed by atoms with Gasteiger partial charge in [0.05, 0.1) is 12.5 Å². The van der Waals surface area contributed by atoms with Crippen LogP contribution in [0.5, 0.6) is 0 Å². The van der Waals surface area contributed by atoms with Gasteiger partial charge in [0.15, 0.2) is 12.1 Å². The molecule has 1 aromatic heterocycles. The highest BCUT2D eigenvalue weighted by Gasteiger charge is 2.43. The summed E-state index contributed by atoms with van der Waals surface area (Å²) in [7, 11) is 0. The Bertz CT molecular complexity index is 470. The Hall–Kier alpha value is -1.53. The van der Waals surface area contributed by atoms with Crippen LogP contribution in [0.1, 0.15) is 54.8 Å². The zero-order chi connectivity index (χ0) is 14.8. The first-order valence-electron chi connectivity index (χ1n) is 6.60. The Morgan fingerprint density at radius 1 is 1.50 bits per heavy atom. The fraction of sp³-hybridized carbons (Fsp3) is 0.692. The van der Waals surface area contributed by atoms with Gasteiger partial charge in [0, 0.05) is 5.92 Å². The van der Waals surface area contributed by atoms with Gasteiger partial charge in [0.25, 0.3) is 0 Å². The second-order valence-electron chi connectivity index (χ2n) is 4.89. The van der Waals surface area contributed by atoms with Crippen LogP contribution in [0.2, 0.25) is 0 Å². The highest BCUT2D eigenvalue weighted by molar-refractivity contribution is 5.88. The summed E-state index contributed by atoms with van der Waals surface area (Å²) < 4.78 is 48.4. The molecule has 0 N–H and O–H groups in total. The third-order valence-electron chi connectivity index (χ3n) is 3.57. The summed E-state index contributed by atoms with van der Waals surface area (Å²) in [5, 5.41) is 0. The maximum Gasteiger partial charge on any atom is 0.391 e. The van der Waals surface area contributed by atoms with Crippen molar-refractivity contribution in [1.29, 1.82) is 0 Å². The quantitative estimate of drug-likeness (QED) is 0.797. The third kappa shape index (κ3) is 3.13. The fourth-order valence-electron chi connectivity index (χ4n) is 2.62. The maximum atomic E-state index is 12.8. The van der Waals surface area contributed by atoms with Crippen molar-refractivity contribution in [3.05, 3.63) is 17.8 Å². The van der Waals surface area contributed by atoms with Crippen LogP contribution in [0.25, 0.3) is 0 Å². The molecule has 1 fully saturated rings. The van der Waals surface area contributed by atoms with Gasteiger partial charge in [0.1, 0.15) is 5.76 Å². The van der Waals surface area contributed by atoms with Gasteiger partial charge in [-0.1, -0.05) is 6.42 Å². The number of carbonyl (C=O) groups is 1. The smallest absolute Gasteiger partial charge is 0.391 e. The second-order valence-corrected chi connectivity index (χ2v) is 4.89. The van der Waals surface area contributed by atoms with E-state index < -0.39 is 24.0 Å². The highest BCUT2D eigenvalue weighted by atomic mass is 19.4.